The van der Waals surface area contributed by atoms with Crippen molar-refractivity contribution < 1.29 is 0 Å². The van der Waals surface area contributed by atoms with Gasteiger partial charge in [-0.1, -0.05) is 48.6 Å². The average molecular weight is 322 g/mol. The van der Waals surface area contributed by atoms with Crippen LogP contribution in [-0.4, -0.2) is 0 Å². The summed E-state index contributed by atoms with van der Waals surface area (Å²) in [6.07, 6.45) is 6.27. The van der Waals surface area contributed by atoms with Crippen molar-refractivity contribution in [3.8, 4) is 0 Å². The van der Waals surface area contributed by atoms with Gasteiger partial charge >= 0.3 is 0 Å². The second-order valence-corrected chi connectivity index (χ2v) is 6.70. The SMILES string of the molecule is C=C(C)/C(=C(/C)C=C(C)C)N(N)c1ccc(=C)/c(=C\C=C(C)C)c1. The Morgan fingerprint density at radius 2 is 1.67 bits per heavy atom. The quantitative estimate of drug-likeness (QED) is 0.496. The first-order valence-corrected chi connectivity index (χ1v) is 8.14. The summed E-state index contributed by atoms with van der Waals surface area (Å²) in [6, 6.07) is 6.04. The van der Waals surface area contributed by atoms with Crippen LogP contribution in [0, 0.1) is 0 Å². The predicted octanol–water partition coefficient (Wildman–Crippen LogP) is 4.34. The van der Waals surface area contributed by atoms with E-state index in [1.165, 1.54) is 11.1 Å². The van der Waals surface area contributed by atoms with Crippen LogP contribution in [0.4, 0.5) is 5.69 Å². The monoisotopic (exact) mass is 322 g/mol. The normalized spacial score (nSPS) is 12.4. The molecule has 0 fully saturated rings. The Hall–Kier alpha value is -2.32. The number of nitrogens with two attached hydrogens (primary N) is 1. The van der Waals surface area contributed by atoms with E-state index in [9.17, 15) is 0 Å². The van der Waals surface area contributed by atoms with Gasteiger partial charge in [0.25, 0.3) is 0 Å². The van der Waals surface area contributed by atoms with Gasteiger partial charge in [-0.25, -0.2) is 5.84 Å². The Morgan fingerprint density at radius 1 is 1.04 bits per heavy atom. The molecule has 0 aliphatic heterocycles. The molecule has 0 unspecified atom stereocenters. The lowest BCUT2D eigenvalue weighted by atomic mass is 10.1. The van der Waals surface area contributed by atoms with Crippen molar-refractivity contribution >= 4 is 18.3 Å². The maximum Gasteiger partial charge on any atom is 0.0627 e. The first-order valence-electron chi connectivity index (χ1n) is 8.14. The first kappa shape index (κ1) is 19.7. The zero-order valence-corrected chi connectivity index (χ0v) is 15.9. The summed E-state index contributed by atoms with van der Waals surface area (Å²) < 4.78 is 0. The average Bonchev–Trinajstić information content (AvgIpc) is 2.44. The van der Waals surface area contributed by atoms with E-state index >= 15 is 0 Å². The highest BCUT2D eigenvalue weighted by atomic mass is 15.4. The maximum atomic E-state index is 6.43. The molecule has 0 saturated heterocycles. The van der Waals surface area contributed by atoms with Crippen LogP contribution >= 0.6 is 0 Å². The van der Waals surface area contributed by atoms with E-state index in [1.54, 1.807) is 5.01 Å². The lowest BCUT2D eigenvalue weighted by Crippen LogP contribution is -2.33. The van der Waals surface area contributed by atoms with Crippen molar-refractivity contribution in [1.29, 1.82) is 0 Å². The molecule has 0 aliphatic rings. The molecule has 2 heteroatoms. The third-order valence-corrected chi connectivity index (χ3v) is 3.53. The highest BCUT2D eigenvalue weighted by Gasteiger charge is 2.11. The zero-order valence-electron chi connectivity index (χ0n) is 15.9. The van der Waals surface area contributed by atoms with Crippen molar-refractivity contribution in [2.75, 3.05) is 5.01 Å². The Morgan fingerprint density at radius 3 is 2.17 bits per heavy atom. The van der Waals surface area contributed by atoms with Gasteiger partial charge in [0, 0.05) is 0 Å². The molecular formula is C22H30N2. The molecular weight excluding hydrogens is 292 g/mol. The molecule has 24 heavy (non-hydrogen) atoms. The van der Waals surface area contributed by atoms with E-state index in [1.807, 2.05) is 19.1 Å². The summed E-state index contributed by atoms with van der Waals surface area (Å²) in [6.45, 7) is 20.5. The summed E-state index contributed by atoms with van der Waals surface area (Å²) in [5, 5.41) is 3.74. The van der Waals surface area contributed by atoms with Crippen molar-refractivity contribution in [2.45, 2.75) is 41.5 Å². The van der Waals surface area contributed by atoms with Crippen molar-refractivity contribution in [3.63, 3.8) is 0 Å². The van der Waals surface area contributed by atoms with Gasteiger partial charge in [0.1, 0.15) is 0 Å². The van der Waals surface area contributed by atoms with Gasteiger partial charge in [-0.15, -0.1) is 0 Å². The zero-order chi connectivity index (χ0) is 18.4. The molecule has 0 atom stereocenters. The molecule has 128 valence electrons. The molecule has 0 aliphatic carbocycles. The highest BCUT2D eigenvalue weighted by molar-refractivity contribution is 5.58. The van der Waals surface area contributed by atoms with Gasteiger partial charge in [0.05, 0.1) is 11.4 Å². The van der Waals surface area contributed by atoms with E-state index < -0.39 is 0 Å². The van der Waals surface area contributed by atoms with Crippen LogP contribution in [0.5, 0.6) is 0 Å². The fourth-order valence-electron chi connectivity index (χ4n) is 2.51. The van der Waals surface area contributed by atoms with Gasteiger partial charge < -0.3 is 0 Å². The molecule has 1 rings (SSSR count). The highest BCUT2D eigenvalue weighted by Crippen LogP contribution is 2.22. The van der Waals surface area contributed by atoms with E-state index in [2.05, 4.69) is 72.1 Å². The fraction of sp³-hybridized carbons (Fsp3) is 0.273. The third-order valence-electron chi connectivity index (χ3n) is 3.53. The van der Waals surface area contributed by atoms with E-state index in [-0.39, 0.29) is 0 Å². The lowest BCUT2D eigenvalue weighted by Gasteiger charge is -2.24. The van der Waals surface area contributed by atoms with Crippen LogP contribution in [0.1, 0.15) is 41.5 Å². The topological polar surface area (TPSA) is 29.3 Å². The number of anilines is 1. The van der Waals surface area contributed by atoms with Gasteiger partial charge in [0.2, 0.25) is 0 Å². The smallest absolute Gasteiger partial charge is 0.0627 e. The Balaban J connectivity index is 3.49. The molecule has 0 saturated carbocycles. The fourth-order valence-corrected chi connectivity index (χ4v) is 2.51. The molecule has 1 aromatic rings. The number of nitrogens with zero attached hydrogens (tertiary/aromatic N) is 1. The van der Waals surface area contributed by atoms with Crippen LogP contribution in [0.15, 0.2) is 64.9 Å². The summed E-state index contributed by atoms with van der Waals surface area (Å²) in [5.41, 5.74) is 6.34. The molecule has 0 spiro atoms. The van der Waals surface area contributed by atoms with Crippen LogP contribution in [0.2, 0.25) is 0 Å². The molecule has 2 N–H and O–H groups in total. The lowest BCUT2D eigenvalue weighted by molar-refractivity contribution is 0.985. The number of benzene rings is 1. The number of rotatable bonds is 5. The first-order chi connectivity index (χ1) is 11.1. The van der Waals surface area contributed by atoms with Crippen LogP contribution in [0.25, 0.3) is 12.7 Å². The van der Waals surface area contributed by atoms with Gasteiger partial charge in [-0.05, 0) is 75.3 Å². The Bertz CT molecular complexity index is 812. The van der Waals surface area contributed by atoms with E-state index in [0.29, 0.717) is 0 Å². The van der Waals surface area contributed by atoms with Gasteiger partial charge in [-0.2, -0.15) is 0 Å². The summed E-state index contributed by atoms with van der Waals surface area (Å²) in [5.74, 6) is 6.43. The third kappa shape index (κ3) is 5.39. The van der Waals surface area contributed by atoms with Crippen molar-refractivity contribution in [1.82, 2.24) is 0 Å². The molecule has 1 aromatic carbocycles. The molecule has 0 amide bonds. The van der Waals surface area contributed by atoms with Crippen molar-refractivity contribution in [3.05, 3.63) is 75.4 Å². The van der Waals surface area contributed by atoms with Crippen LogP contribution in [-0.2, 0) is 0 Å². The van der Waals surface area contributed by atoms with E-state index in [4.69, 9.17) is 5.84 Å². The number of allylic oxidation sites excluding steroid dienone is 6. The molecule has 2 nitrogen and oxygen atoms in total. The minimum absolute atomic E-state index is 0.912. The predicted molar refractivity (Wildman–Crippen MR) is 109 cm³/mol. The minimum atomic E-state index is 0.912. The molecule has 0 heterocycles. The molecule has 0 aromatic heterocycles. The summed E-state index contributed by atoms with van der Waals surface area (Å²) in [4.78, 5) is 0. The molecule has 0 bridgehead atoms. The van der Waals surface area contributed by atoms with E-state index in [0.717, 1.165) is 33.0 Å². The largest absolute Gasteiger partial charge is 0.279 e. The van der Waals surface area contributed by atoms with Gasteiger partial charge in [-0.3, -0.25) is 5.01 Å². The summed E-state index contributed by atoms with van der Waals surface area (Å²) in [7, 11) is 0. The van der Waals surface area contributed by atoms with Crippen LogP contribution in [0.3, 0.4) is 0 Å². The van der Waals surface area contributed by atoms with Crippen molar-refractivity contribution in [2.24, 2.45) is 5.84 Å². The van der Waals surface area contributed by atoms with Gasteiger partial charge in [0.15, 0.2) is 0 Å². The number of hydrazine groups is 1. The Kier molecular flexibility index (Phi) is 6.99. The maximum absolute atomic E-state index is 6.43. The minimum Gasteiger partial charge on any atom is -0.279 e. The molecule has 0 radical (unpaired) electrons. The standard InChI is InChI=1S/C22H30N2/c1-15(2)9-11-20-14-21(12-10-18(20)7)24(23)22(17(5)6)19(8)13-16(3)4/h9-14H,5,7,23H2,1-4,6,8H3/b20-11-,22-19+. The second-order valence-electron chi connectivity index (χ2n) is 6.70. The Labute approximate surface area is 146 Å². The number of hydrogen-bond acceptors (Lipinski definition) is 2. The van der Waals surface area contributed by atoms with Crippen LogP contribution < -0.4 is 21.3 Å². The summed E-state index contributed by atoms with van der Waals surface area (Å²) >= 11 is 0. The number of hydrogen-bond donors (Lipinski definition) is 1. The second kappa shape index (κ2) is 8.51.